The average molecular weight is 513 g/mol. The molecule has 204 valence electrons. The van der Waals surface area contributed by atoms with Crippen molar-refractivity contribution in [3.05, 3.63) is 47.7 Å². The molecule has 0 bridgehead atoms. The molecule has 0 saturated carbocycles. The van der Waals surface area contributed by atoms with Gasteiger partial charge in [-0.05, 0) is 57.6 Å². The molecular weight excluding hydrogens is 468 g/mol. The number of hydrogen-bond acceptors (Lipinski definition) is 7. The van der Waals surface area contributed by atoms with Crippen LogP contribution in [0, 0.1) is 0 Å². The Hall–Kier alpha value is -2.42. The lowest BCUT2D eigenvalue weighted by Crippen LogP contribution is -2.57. The minimum absolute atomic E-state index is 0.0460. The summed E-state index contributed by atoms with van der Waals surface area (Å²) >= 11 is 0. The Morgan fingerprint density at radius 1 is 1.08 bits per heavy atom. The second-order valence-electron chi connectivity index (χ2n) is 11.4. The van der Waals surface area contributed by atoms with Gasteiger partial charge < -0.3 is 24.0 Å². The van der Waals surface area contributed by atoms with E-state index in [1.807, 2.05) is 38.7 Å². The van der Waals surface area contributed by atoms with Crippen LogP contribution in [0.2, 0.25) is 0 Å². The molecule has 0 radical (unpaired) electrons. The van der Waals surface area contributed by atoms with Gasteiger partial charge in [0.1, 0.15) is 5.60 Å². The number of benzene rings is 1. The summed E-state index contributed by atoms with van der Waals surface area (Å²) in [4.78, 5) is 16.7. The van der Waals surface area contributed by atoms with Gasteiger partial charge in [0.05, 0.1) is 31.8 Å². The molecule has 2 aliphatic heterocycles. The van der Waals surface area contributed by atoms with Crippen LogP contribution >= 0.6 is 0 Å². The zero-order chi connectivity index (χ0) is 26.3. The van der Waals surface area contributed by atoms with Crippen LogP contribution in [0.5, 0.6) is 0 Å². The highest BCUT2D eigenvalue weighted by molar-refractivity contribution is 5.69. The minimum atomic E-state index is -0.446. The van der Waals surface area contributed by atoms with Crippen molar-refractivity contribution < 1.29 is 19.0 Å². The van der Waals surface area contributed by atoms with E-state index in [2.05, 4.69) is 45.2 Å². The number of carbonyl (C=O) groups is 1. The van der Waals surface area contributed by atoms with Crippen LogP contribution in [0.3, 0.4) is 0 Å². The predicted molar refractivity (Wildman–Crippen MR) is 145 cm³/mol. The Labute approximate surface area is 221 Å². The molecule has 0 amide bonds. The molecule has 2 aliphatic rings. The molecule has 0 atom stereocenters. The number of aromatic nitrogens is 2. The number of aryl methyl sites for hydroxylation is 1. The molecule has 8 nitrogen and oxygen atoms in total. The van der Waals surface area contributed by atoms with Crippen molar-refractivity contribution in [2.75, 3.05) is 57.4 Å². The highest BCUT2D eigenvalue weighted by atomic mass is 16.6. The van der Waals surface area contributed by atoms with Gasteiger partial charge in [-0.25, -0.2) is 0 Å². The highest BCUT2D eigenvalue weighted by Crippen LogP contribution is 2.32. The third kappa shape index (κ3) is 8.55. The van der Waals surface area contributed by atoms with Crippen LogP contribution in [0.1, 0.15) is 51.2 Å². The van der Waals surface area contributed by atoms with Crippen LogP contribution in [-0.4, -0.2) is 84.4 Å². The maximum absolute atomic E-state index is 11.8. The molecule has 2 saturated heterocycles. The normalized spacial score (nSPS) is 18.3. The van der Waals surface area contributed by atoms with Gasteiger partial charge in [0.25, 0.3) is 0 Å². The zero-order valence-electron chi connectivity index (χ0n) is 23.1. The summed E-state index contributed by atoms with van der Waals surface area (Å²) in [5.41, 5.74) is 2.15. The smallest absolute Gasteiger partial charge is 0.308 e. The summed E-state index contributed by atoms with van der Waals surface area (Å²) in [7, 11) is 1.97. The van der Waals surface area contributed by atoms with Crippen molar-refractivity contribution in [1.29, 1.82) is 0 Å². The third-order valence-corrected chi connectivity index (χ3v) is 7.15. The molecule has 1 spiro atoms. The first-order valence-electron chi connectivity index (χ1n) is 13.7. The van der Waals surface area contributed by atoms with E-state index < -0.39 is 5.60 Å². The average Bonchev–Trinajstić information content (AvgIpc) is 3.29. The summed E-state index contributed by atoms with van der Waals surface area (Å²) < 4.78 is 19.2. The molecule has 0 unspecified atom stereocenters. The Morgan fingerprint density at radius 3 is 2.54 bits per heavy atom. The van der Waals surface area contributed by atoms with Gasteiger partial charge in [0.2, 0.25) is 0 Å². The summed E-state index contributed by atoms with van der Waals surface area (Å²) in [5, 5.41) is 4.59. The number of hydrogen-bond donors (Lipinski definition) is 0. The molecule has 1 aromatic heterocycles. The quantitative estimate of drug-likeness (QED) is 0.356. The van der Waals surface area contributed by atoms with Crippen molar-refractivity contribution in [2.45, 2.75) is 64.1 Å². The molecule has 2 fully saturated rings. The van der Waals surface area contributed by atoms with E-state index in [0.29, 0.717) is 19.6 Å². The third-order valence-electron chi connectivity index (χ3n) is 7.15. The second kappa shape index (κ2) is 12.4. The van der Waals surface area contributed by atoms with E-state index in [1.165, 1.54) is 11.1 Å². The lowest BCUT2D eigenvalue weighted by molar-refractivity contribution is -0.156. The molecule has 37 heavy (non-hydrogen) atoms. The van der Waals surface area contributed by atoms with Crippen molar-refractivity contribution in [2.24, 2.45) is 7.05 Å². The van der Waals surface area contributed by atoms with Crippen LogP contribution in [0.25, 0.3) is 0 Å². The van der Waals surface area contributed by atoms with Crippen molar-refractivity contribution in [3.8, 4) is 0 Å². The highest BCUT2D eigenvalue weighted by Gasteiger charge is 2.40. The lowest BCUT2D eigenvalue weighted by atomic mass is 9.89. The van der Waals surface area contributed by atoms with E-state index in [9.17, 15) is 4.79 Å². The van der Waals surface area contributed by atoms with E-state index in [1.54, 1.807) is 0 Å². The zero-order valence-corrected chi connectivity index (χ0v) is 23.1. The number of nitrogens with zero attached hydrogens (tertiary/aromatic N) is 4. The predicted octanol–water partition coefficient (Wildman–Crippen LogP) is 3.62. The number of piperidine rings is 1. The molecule has 8 heteroatoms. The fourth-order valence-electron chi connectivity index (χ4n) is 5.17. The molecular formula is C29H44N4O4. The van der Waals surface area contributed by atoms with Gasteiger partial charge in [-0.15, -0.1) is 0 Å². The SMILES string of the molecule is Cn1ccc(N2CCOC3(CCN(CCc4cccc(CCOCCC(=O)OC(C)(C)C)c4)CC3)C2)n1. The van der Waals surface area contributed by atoms with Gasteiger partial charge in [0, 0.05) is 52.0 Å². The molecule has 1 aromatic carbocycles. The number of anilines is 1. The van der Waals surface area contributed by atoms with Crippen molar-refractivity contribution in [3.63, 3.8) is 0 Å². The molecule has 2 aromatic rings. The van der Waals surface area contributed by atoms with E-state index >= 15 is 0 Å². The summed E-state index contributed by atoms with van der Waals surface area (Å²) in [6, 6.07) is 10.9. The number of rotatable bonds is 10. The number of ether oxygens (including phenoxy) is 3. The van der Waals surface area contributed by atoms with Crippen LogP contribution in [-0.2, 0) is 38.9 Å². The van der Waals surface area contributed by atoms with Crippen molar-refractivity contribution in [1.82, 2.24) is 14.7 Å². The Morgan fingerprint density at radius 2 is 1.84 bits per heavy atom. The fraction of sp³-hybridized carbons (Fsp3) is 0.655. The summed E-state index contributed by atoms with van der Waals surface area (Å²) in [6.45, 7) is 12.5. The minimum Gasteiger partial charge on any atom is -0.460 e. The topological polar surface area (TPSA) is 69.1 Å². The lowest BCUT2D eigenvalue weighted by Gasteiger charge is -2.47. The molecule has 0 aliphatic carbocycles. The molecule has 3 heterocycles. The first-order chi connectivity index (χ1) is 17.7. The Bertz CT molecular complexity index is 1010. The molecule has 0 N–H and O–H groups in total. The largest absolute Gasteiger partial charge is 0.460 e. The number of esters is 1. The molecule has 4 rings (SSSR count). The maximum Gasteiger partial charge on any atom is 0.308 e. The first-order valence-corrected chi connectivity index (χ1v) is 13.7. The first kappa shape index (κ1) is 27.6. The number of likely N-dealkylation sites (tertiary alicyclic amines) is 1. The van der Waals surface area contributed by atoms with E-state index in [4.69, 9.17) is 14.2 Å². The Balaban J connectivity index is 1.15. The monoisotopic (exact) mass is 512 g/mol. The van der Waals surface area contributed by atoms with E-state index in [0.717, 1.165) is 70.8 Å². The van der Waals surface area contributed by atoms with Gasteiger partial charge >= 0.3 is 5.97 Å². The van der Waals surface area contributed by atoms with Gasteiger partial charge in [-0.2, -0.15) is 5.10 Å². The van der Waals surface area contributed by atoms with Crippen LogP contribution < -0.4 is 4.90 Å². The Kier molecular flexibility index (Phi) is 9.27. The van der Waals surface area contributed by atoms with Crippen LogP contribution in [0.4, 0.5) is 5.82 Å². The number of morpholine rings is 1. The van der Waals surface area contributed by atoms with Gasteiger partial charge in [0.15, 0.2) is 5.82 Å². The summed E-state index contributed by atoms with van der Waals surface area (Å²) in [5.74, 6) is 0.847. The van der Waals surface area contributed by atoms with E-state index in [-0.39, 0.29) is 11.6 Å². The van der Waals surface area contributed by atoms with Gasteiger partial charge in [-0.1, -0.05) is 24.3 Å². The summed E-state index contributed by atoms with van der Waals surface area (Å²) in [6.07, 6.45) is 6.32. The van der Waals surface area contributed by atoms with Crippen molar-refractivity contribution >= 4 is 11.8 Å². The second-order valence-corrected chi connectivity index (χ2v) is 11.4. The number of carbonyl (C=O) groups excluding carboxylic acids is 1. The van der Waals surface area contributed by atoms with Crippen LogP contribution in [0.15, 0.2) is 36.5 Å². The fourth-order valence-corrected chi connectivity index (χ4v) is 5.17. The van der Waals surface area contributed by atoms with Gasteiger partial charge in [-0.3, -0.25) is 9.48 Å². The standard InChI is InChI=1S/C29H44N4O4/c1-28(2,3)37-27(34)11-20-35-19-10-25-7-5-6-24(22-25)8-15-32-16-12-29(13-17-32)23-33(18-21-36-29)26-9-14-31(4)30-26/h5-7,9,14,22H,8,10-13,15-21,23H2,1-4H3. The maximum atomic E-state index is 11.8.